The van der Waals surface area contributed by atoms with E-state index in [-0.39, 0.29) is 40.4 Å². The summed E-state index contributed by atoms with van der Waals surface area (Å²) in [6.45, 7) is 2.48. The molecule has 0 spiro atoms. The lowest BCUT2D eigenvalue weighted by Gasteiger charge is -2.42. The summed E-state index contributed by atoms with van der Waals surface area (Å²) in [4.78, 5) is 12.1. The number of carbonyl (C=O) groups is 1. The highest BCUT2D eigenvalue weighted by atomic mass is 35.5. The Kier molecular flexibility index (Phi) is 4.29. The van der Waals surface area contributed by atoms with Crippen LogP contribution < -0.4 is 11.1 Å². The van der Waals surface area contributed by atoms with Crippen molar-refractivity contribution in [3.8, 4) is 5.75 Å². The van der Waals surface area contributed by atoms with Crippen LogP contribution in [0, 0.1) is 0 Å². The first kappa shape index (κ1) is 14.1. The summed E-state index contributed by atoms with van der Waals surface area (Å²) in [7, 11) is 0. The molecular formula is C13H17ClN2O3. The molecule has 3 unspecified atom stereocenters. The van der Waals surface area contributed by atoms with Gasteiger partial charge in [-0.2, -0.15) is 0 Å². The molecule has 5 nitrogen and oxygen atoms in total. The van der Waals surface area contributed by atoms with E-state index in [0.717, 1.165) is 6.42 Å². The van der Waals surface area contributed by atoms with E-state index in [1.807, 2.05) is 6.92 Å². The van der Waals surface area contributed by atoms with Crippen molar-refractivity contribution in [2.75, 3.05) is 6.61 Å². The molecule has 1 aliphatic carbocycles. The molecule has 1 aliphatic rings. The number of phenols is 1. The van der Waals surface area contributed by atoms with Crippen molar-refractivity contribution >= 4 is 17.5 Å². The molecule has 1 saturated carbocycles. The van der Waals surface area contributed by atoms with Crippen LogP contribution in [0.1, 0.15) is 23.7 Å². The van der Waals surface area contributed by atoms with Crippen LogP contribution in [0.4, 0.5) is 0 Å². The van der Waals surface area contributed by atoms with Gasteiger partial charge >= 0.3 is 0 Å². The van der Waals surface area contributed by atoms with Gasteiger partial charge in [0.2, 0.25) is 0 Å². The van der Waals surface area contributed by atoms with Crippen molar-refractivity contribution in [3.05, 3.63) is 28.8 Å². The second-order valence-corrected chi connectivity index (χ2v) is 4.96. The van der Waals surface area contributed by atoms with E-state index in [2.05, 4.69) is 5.32 Å². The van der Waals surface area contributed by atoms with E-state index < -0.39 is 0 Å². The number of hydrogen-bond donors (Lipinski definition) is 3. The molecule has 6 heteroatoms. The lowest BCUT2D eigenvalue weighted by Crippen LogP contribution is -2.64. The normalized spacial score (nSPS) is 25.7. The number of nitrogens with two attached hydrogens (primary N) is 1. The van der Waals surface area contributed by atoms with Gasteiger partial charge in [0.25, 0.3) is 5.91 Å². The number of ether oxygens (including phenoxy) is 1. The van der Waals surface area contributed by atoms with E-state index in [0.29, 0.717) is 6.61 Å². The van der Waals surface area contributed by atoms with Crippen LogP contribution in [0.25, 0.3) is 0 Å². The maximum absolute atomic E-state index is 12.1. The summed E-state index contributed by atoms with van der Waals surface area (Å²) < 4.78 is 5.47. The van der Waals surface area contributed by atoms with E-state index >= 15 is 0 Å². The highest BCUT2D eigenvalue weighted by Gasteiger charge is 2.40. The maximum Gasteiger partial charge on any atom is 0.253 e. The zero-order valence-electron chi connectivity index (χ0n) is 10.6. The number of amides is 1. The van der Waals surface area contributed by atoms with Gasteiger partial charge in [-0.15, -0.1) is 0 Å². The molecule has 3 atom stereocenters. The molecule has 104 valence electrons. The molecule has 0 aliphatic heterocycles. The fourth-order valence-electron chi connectivity index (χ4n) is 2.14. The average molecular weight is 285 g/mol. The van der Waals surface area contributed by atoms with Gasteiger partial charge in [-0.25, -0.2) is 0 Å². The van der Waals surface area contributed by atoms with Crippen molar-refractivity contribution in [3.63, 3.8) is 0 Å². The number of phenolic OH excluding ortho intramolecular Hbond substituents is 1. The first-order chi connectivity index (χ1) is 9.02. The van der Waals surface area contributed by atoms with Crippen LogP contribution in [-0.2, 0) is 4.74 Å². The number of rotatable bonds is 4. The zero-order valence-corrected chi connectivity index (χ0v) is 11.4. The van der Waals surface area contributed by atoms with E-state index in [1.54, 1.807) is 0 Å². The number of nitrogens with one attached hydrogen (secondary N) is 1. The Morgan fingerprint density at radius 2 is 2.37 bits per heavy atom. The summed E-state index contributed by atoms with van der Waals surface area (Å²) in [6, 6.07) is 3.91. The van der Waals surface area contributed by atoms with Crippen LogP contribution in [-0.4, -0.2) is 35.8 Å². The smallest absolute Gasteiger partial charge is 0.253 e. The van der Waals surface area contributed by atoms with Gasteiger partial charge in [-0.1, -0.05) is 11.6 Å². The minimum absolute atomic E-state index is 0.00573. The lowest BCUT2D eigenvalue weighted by molar-refractivity contribution is -0.0300. The van der Waals surface area contributed by atoms with Gasteiger partial charge < -0.3 is 20.9 Å². The predicted octanol–water partition coefficient (Wildman–Crippen LogP) is 1.28. The average Bonchev–Trinajstić information content (AvgIpc) is 2.38. The molecule has 2 rings (SSSR count). The van der Waals surface area contributed by atoms with E-state index in [9.17, 15) is 9.90 Å². The third-order valence-corrected chi connectivity index (χ3v) is 3.57. The van der Waals surface area contributed by atoms with Gasteiger partial charge in [0.05, 0.1) is 22.7 Å². The standard InChI is InChI=1S/C13H17ClN2O3/c1-2-19-11-6-10(15)12(11)16-13(18)8-5-7(17)3-4-9(8)14/h3-5,10-12,17H,2,6,15H2,1H3,(H,16,18). The Balaban J connectivity index is 2.06. The van der Waals surface area contributed by atoms with E-state index in [4.69, 9.17) is 22.1 Å². The Hall–Kier alpha value is -1.30. The summed E-state index contributed by atoms with van der Waals surface area (Å²) >= 11 is 5.94. The monoisotopic (exact) mass is 284 g/mol. The SMILES string of the molecule is CCOC1CC(N)C1NC(=O)c1cc(O)ccc1Cl. The van der Waals surface area contributed by atoms with E-state index in [1.165, 1.54) is 18.2 Å². The van der Waals surface area contributed by atoms with Crippen molar-refractivity contribution in [1.82, 2.24) is 5.32 Å². The number of halogens is 1. The quantitative estimate of drug-likeness (QED) is 0.778. The van der Waals surface area contributed by atoms with Crippen molar-refractivity contribution in [2.24, 2.45) is 5.73 Å². The third-order valence-electron chi connectivity index (χ3n) is 3.24. The Labute approximate surface area is 116 Å². The van der Waals surface area contributed by atoms with Crippen LogP contribution in [0.3, 0.4) is 0 Å². The summed E-state index contributed by atoms with van der Waals surface area (Å²) in [5.41, 5.74) is 6.09. The molecule has 1 aromatic rings. The van der Waals surface area contributed by atoms with Gasteiger partial charge in [0, 0.05) is 12.6 Å². The molecule has 0 heterocycles. The summed E-state index contributed by atoms with van der Waals surface area (Å²) in [6.07, 6.45) is 0.673. The Bertz CT molecular complexity index is 479. The first-order valence-electron chi connectivity index (χ1n) is 6.19. The molecule has 1 fully saturated rings. The fraction of sp³-hybridized carbons (Fsp3) is 0.462. The Morgan fingerprint density at radius 3 is 3.00 bits per heavy atom. The van der Waals surface area contributed by atoms with Crippen LogP contribution >= 0.6 is 11.6 Å². The zero-order chi connectivity index (χ0) is 14.0. The fourth-order valence-corrected chi connectivity index (χ4v) is 2.35. The molecular weight excluding hydrogens is 268 g/mol. The molecule has 1 amide bonds. The molecule has 0 saturated heterocycles. The minimum Gasteiger partial charge on any atom is -0.508 e. The maximum atomic E-state index is 12.1. The Morgan fingerprint density at radius 1 is 1.63 bits per heavy atom. The molecule has 4 N–H and O–H groups in total. The molecule has 0 radical (unpaired) electrons. The number of carbonyl (C=O) groups excluding carboxylic acids is 1. The molecule has 1 aromatic carbocycles. The second kappa shape index (κ2) is 5.77. The number of aromatic hydroxyl groups is 1. The van der Waals surface area contributed by atoms with Crippen molar-refractivity contribution in [1.29, 1.82) is 0 Å². The van der Waals surface area contributed by atoms with Crippen molar-refractivity contribution in [2.45, 2.75) is 31.5 Å². The molecule has 19 heavy (non-hydrogen) atoms. The third kappa shape index (κ3) is 3.00. The highest BCUT2D eigenvalue weighted by Crippen LogP contribution is 2.25. The predicted molar refractivity (Wildman–Crippen MR) is 72.4 cm³/mol. The molecule has 0 aromatic heterocycles. The minimum atomic E-state index is -0.356. The number of benzene rings is 1. The van der Waals surface area contributed by atoms with Crippen molar-refractivity contribution < 1.29 is 14.6 Å². The first-order valence-corrected chi connectivity index (χ1v) is 6.57. The van der Waals surface area contributed by atoms with Gasteiger partial charge in [0.15, 0.2) is 0 Å². The topological polar surface area (TPSA) is 84.6 Å². The highest BCUT2D eigenvalue weighted by molar-refractivity contribution is 6.33. The van der Waals surface area contributed by atoms with Gasteiger partial charge in [-0.05, 0) is 31.5 Å². The second-order valence-electron chi connectivity index (χ2n) is 4.56. The molecule has 0 bridgehead atoms. The van der Waals surface area contributed by atoms with Crippen LogP contribution in [0.2, 0.25) is 5.02 Å². The van der Waals surface area contributed by atoms with Crippen LogP contribution in [0.5, 0.6) is 5.75 Å². The lowest BCUT2D eigenvalue weighted by atomic mass is 9.83. The summed E-state index contributed by atoms with van der Waals surface area (Å²) in [5, 5.41) is 12.5. The number of hydrogen-bond acceptors (Lipinski definition) is 4. The summed E-state index contributed by atoms with van der Waals surface area (Å²) in [5.74, 6) is -0.362. The van der Waals surface area contributed by atoms with Gasteiger partial charge in [0.1, 0.15) is 5.75 Å². The van der Waals surface area contributed by atoms with Crippen LogP contribution in [0.15, 0.2) is 18.2 Å². The largest absolute Gasteiger partial charge is 0.508 e. The van der Waals surface area contributed by atoms with Gasteiger partial charge in [-0.3, -0.25) is 4.79 Å².